The molecule has 0 aliphatic rings. The number of aromatic amines is 1. The number of benzene rings is 1. The van der Waals surface area contributed by atoms with Gasteiger partial charge in [-0.05, 0) is 61.1 Å². The Labute approximate surface area is 244 Å². The van der Waals surface area contributed by atoms with Crippen molar-refractivity contribution in [2.75, 3.05) is 5.73 Å². The highest BCUT2D eigenvalue weighted by molar-refractivity contribution is 5.91. The predicted molar refractivity (Wildman–Crippen MR) is 174 cm³/mol. The fourth-order valence-corrected chi connectivity index (χ4v) is 4.57. The Bertz CT molecular complexity index is 1630. The molecule has 0 aliphatic heterocycles. The van der Waals surface area contributed by atoms with Gasteiger partial charge in [-0.3, -0.25) is 9.97 Å². The number of anilines is 1. The smallest absolute Gasteiger partial charge is 0.113 e. The highest BCUT2D eigenvalue weighted by Gasteiger charge is 2.15. The lowest BCUT2D eigenvalue weighted by atomic mass is 9.91. The average Bonchev–Trinajstić information content (AvgIpc) is 3.35. The quantitative estimate of drug-likeness (QED) is 0.148. The summed E-state index contributed by atoms with van der Waals surface area (Å²) in [4.78, 5) is 17.7. The van der Waals surface area contributed by atoms with Crippen LogP contribution in [0.3, 0.4) is 0 Å². The van der Waals surface area contributed by atoms with E-state index < -0.39 is 0 Å². The maximum Gasteiger partial charge on any atom is 0.113 e. The van der Waals surface area contributed by atoms with Gasteiger partial charge >= 0.3 is 0 Å². The summed E-state index contributed by atoms with van der Waals surface area (Å²) in [5, 5.41) is 3.40. The predicted octanol–water partition coefficient (Wildman–Crippen LogP) is 7.76. The Morgan fingerprint density at radius 2 is 1.88 bits per heavy atom. The SMILES string of the molecule is C#C.C=C/C(=C\C(=C/C)c1ccc(N)c(Cc2nc3c(-c4cccc(C)c4)cncc3[nH]2)n1)NC(=C)CC(C)(C)C. The Kier molecular flexibility index (Phi) is 10.1. The summed E-state index contributed by atoms with van der Waals surface area (Å²) < 4.78 is 0. The summed E-state index contributed by atoms with van der Waals surface area (Å²) in [7, 11) is 0. The molecule has 0 fully saturated rings. The van der Waals surface area contributed by atoms with Gasteiger partial charge < -0.3 is 16.0 Å². The molecule has 6 nitrogen and oxygen atoms in total. The third-order valence-electron chi connectivity index (χ3n) is 6.32. The maximum absolute atomic E-state index is 6.37. The Morgan fingerprint density at radius 3 is 2.54 bits per heavy atom. The average molecular weight is 545 g/mol. The molecule has 4 rings (SSSR count). The fraction of sp³-hybridized carbons (Fsp3) is 0.229. The van der Waals surface area contributed by atoms with Crippen molar-refractivity contribution in [3.63, 3.8) is 0 Å². The first-order valence-electron chi connectivity index (χ1n) is 13.5. The van der Waals surface area contributed by atoms with Crippen molar-refractivity contribution in [2.24, 2.45) is 5.41 Å². The molecule has 0 spiro atoms. The van der Waals surface area contributed by atoms with Crippen molar-refractivity contribution in [1.82, 2.24) is 25.3 Å². The summed E-state index contributed by atoms with van der Waals surface area (Å²) >= 11 is 0. The molecule has 6 heteroatoms. The third kappa shape index (κ3) is 8.06. The molecule has 0 aliphatic carbocycles. The van der Waals surface area contributed by atoms with Gasteiger partial charge in [0.1, 0.15) is 5.82 Å². The largest absolute Gasteiger partial charge is 0.397 e. The number of nitrogens with zero attached hydrogens (tertiary/aromatic N) is 3. The minimum Gasteiger partial charge on any atom is -0.397 e. The number of aromatic nitrogens is 4. The standard InChI is InChI=1S/C33H38N6.C2H2/c1-8-23(16-25(9-2)36-22(4)18-33(5,6)7)28-14-13-27(34)29(37-28)17-31-38-30-20-35-19-26(32(30)39-31)24-12-10-11-21(3)15-24;1-2/h8-16,19-20,36H,2,4,17-18,34H2,1,3,5-7H3,(H,38,39);1-2H/b23-8+,25-16+;. The second kappa shape index (κ2) is 13.5. The van der Waals surface area contributed by atoms with Gasteiger partial charge in [0, 0.05) is 23.2 Å². The number of allylic oxidation sites excluding steroid dienone is 5. The number of H-pyrrole nitrogens is 1. The third-order valence-corrected chi connectivity index (χ3v) is 6.32. The van der Waals surface area contributed by atoms with Crippen LogP contribution in [0.4, 0.5) is 5.69 Å². The number of pyridine rings is 2. The zero-order valence-electron chi connectivity index (χ0n) is 24.8. The van der Waals surface area contributed by atoms with Crippen molar-refractivity contribution in [1.29, 1.82) is 0 Å². The monoisotopic (exact) mass is 544 g/mol. The van der Waals surface area contributed by atoms with Gasteiger partial charge in [0.15, 0.2) is 0 Å². The van der Waals surface area contributed by atoms with E-state index in [1.54, 1.807) is 12.3 Å². The molecule has 210 valence electrons. The van der Waals surface area contributed by atoms with Gasteiger partial charge in [-0.15, -0.1) is 12.8 Å². The lowest BCUT2D eigenvalue weighted by Crippen LogP contribution is -2.16. The van der Waals surface area contributed by atoms with Gasteiger partial charge in [0.05, 0.1) is 40.7 Å². The first kappa shape index (κ1) is 30.6. The van der Waals surface area contributed by atoms with E-state index in [0.717, 1.165) is 62.8 Å². The van der Waals surface area contributed by atoms with Crippen molar-refractivity contribution in [2.45, 2.75) is 47.5 Å². The normalized spacial score (nSPS) is 12.0. The van der Waals surface area contributed by atoms with Gasteiger partial charge in [-0.2, -0.15) is 0 Å². The number of fused-ring (bicyclic) bond motifs is 1. The minimum atomic E-state index is 0.140. The van der Waals surface area contributed by atoms with E-state index in [4.69, 9.17) is 15.7 Å². The van der Waals surface area contributed by atoms with Crippen molar-refractivity contribution < 1.29 is 0 Å². The molecule has 0 bridgehead atoms. The van der Waals surface area contributed by atoms with Crippen LogP contribution in [0.5, 0.6) is 0 Å². The lowest BCUT2D eigenvalue weighted by molar-refractivity contribution is 0.403. The number of imidazole rings is 1. The van der Waals surface area contributed by atoms with E-state index >= 15 is 0 Å². The van der Waals surface area contributed by atoms with Crippen molar-refractivity contribution >= 4 is 22.3 Å². The molecule has 41 heavy (non-hydrogen) atoms. The Morgan fingerprint density at radius 1 is 1.12 bits per heavy atom. The fourth-order valence-electron chi connectivity index (χ4n) is 4.57. The first-order chi connectivity index (χ1) is 19.6. The molecule has 3 aromatic heterocycles. The molecule has 0 saturated heterocycles. The molecular formula is C35H40N6. The van der Waals surface area contributed by atoms with Crippen LogP contribution in [-0.4, -0.2) is 19.9 Å². The van der Waals surface area contributed by atoms with E-state index in [1.165, 1.54) is 5.56 Å². The first-order valence-corrected chi connectivity index (χ1v) is 13.5. The van der Waals surface area contributed by atoms with E-state index in [-0.39, 0.29) is 5.41 Å². The zero-order chi connectivity index (χ0) is 30.2. The highest BCUT2D eigenvalue weighted by atomic mass is 14.9. The molecule has 0 radical (unpaired) electrons. The zero-order valence-corrected chi connectivity index (χ0v) is 24.8. The number of nitrogen functional groups attached to an aromatic ring is 1. The van der Waals surface area contributed by atoms with Crippen molar-refractivity contribution in [3.8, 4) is 24.0 Å². The topological polar surface area (TPSA) is 92.5 Å². The van der Waals surface area contributed by atoms with Crippen molar-refractivity contribution in [3.05, 3.63) is 114 Å². The van der Waals surface area contributed by atoms with Gasteiger partial charge in [-0.25, -0.2) is 4.98 Å². The molecular weight excluding hydrogens is 504 g/mol. The minimum absolute atomic E-state index is 0.140. The van der Waals surface area contributed by atoms with Gasteiger partial charge in [0.2, 0.25) is 0 Å². The summed E-state index contributed by atoms with van der Waals surface area (Å²) in [6, 6.07) is 12.2. The van der Waals surface area contributed by atoms with Gasteiger partial charge in [0.25, 0.3) is 0 Å². The molecule has 0 amide bonds. The van der Waals surface area contributed by atoms with E-state index in [9.17, 15) is 0 Å². The molecule has 4 aromatic rings. The molecule has 0 unspecified atom stereocenters. The molecule has 0 atom stereocenters. The van der Waals surface area contributed by atoms with Crippen LogP contribution >= 0.6 is 0 Å². The summed E-state index contributed by atoms with van der Waals surface area (Å²) in [6.07, 6.45) is 18.8. The highest BCUT2D eigenvalue weighted by Crippen LogP contribution is 2.28. The Balaban J connectivity index is 0.00000226. The number of nitrogens with one attached hydrogen (secondary N) is 2. The second-order valence-electron chi connectivity index (χ2n) is 11.1. The molecule has 1 aromatic carbocycles. The van der Waals surface area contributed by atoms with Crippen LogP contribution in [0.15, 0.2) is 91.6 Å². The summed E-state index contributed by atoms with van der Waals surface area (Å²) in [5.74, 6) is 0.785. The molecule has 3 heterocycles. The lowest BCUT2D eigenvalue weighted by Gasteiger charge is -2.21. The van der Waals surface area contributed by atoms with Crippen LogP contribution in [0.2, 0.25) is 0 Å². The Hall–Kier alpha value is -4.89. The molecule has 4 N–H and O–H groups in total. The number of aryl methyl sites for hydroxylation is 1. The second-order valence-corrected chi connectivity index (χ2v) is 11.1. The number of nitrogens with two attached hydrogens (primary N) is 1. The number of hydrogen-bond donors (Lipinski definition) is 3. The number of terminal acetylenes is 1. The summed E-state index contributed by atoms with van der Waals surface area (Å²) in [5.41, 5.74) is 16.5. The van der Waals surface area contributed by atoms with E-state index in [0.29, 0.717) is 12.1 Å². The van der Waals surface area contributed by atoms with Crippen LogP contribution < -0.4 is 11.1 Å². The van der Waals surface area contributed by atoms with Crippen LogP contribution in [-0.2, 0) is 6.42 Å². The van der Waals surface area contributed by atoms with Crippen LogP contribution in [0.25, 0.3) is 27.7 Å². The maximum atomic E-state index is 6.37. The molecule has 0 saturated carbocycles. The van der Waals surface area contributed by atoms with Gasteiger partial charge in [-0.1, -0.05) is 69.8 Å². The van der Waals surface area contributed by atoms with Crippen LogP contribution in [0, 0.1) is 25.2 Å². The van der Waals surface area contributed by atoms with E-state index in [2.05, 4.69) is 87.2 Å². The van der Waals surface area contributed by atoms with Crippen LogP contribution in [0.1, 0.15) is 56.9 Å². The van der Waals surface area contributed by atoms with E-state index in [1.807, 2.05) is 43.5 Å². The number of rotatable bonds is 9. The summed E-state index contributed by atoms with van der Waals surface area (Å²) in [6.45, 7) is 18.8. The number of hydrogen-bond acceptors (Lipinski definition) is 5.